The quantitative estimate of drug-likeness (QED) is 0.706. The van der Waals surface area contributed by atoms with Crippen LogP contribution < -0.4 is 5.73 Å². The molecular weight excluding hydrogens is 273 g/mol. The highest BCUT2D eigenvalue weighted by Gasteiger charge is 2.14. The number of benzene rings is 2. The van der Waals surface area contributed by atoms with Gasteiger partial charge in [0.2, 0.25) is 5.82 Å². The van der Waals surface area contributed by atoms with E-state index < -0.39 is 11.6 Å². The number of aromatic hydroxyl groups is 1. The van der Waals surface area contributed by atoms with Crippen LogP contribution in [0.25, 0.3) is 22.8 Å². The molecule has 6 heteroatoms. The van der Waals surface area contributed by atoms with Crippen molar-refractivity contribution in [1.29, 1.82) is 0 Å². The molecule has 21 heavy (non-hydrogen) atoms. The second-order valence-electron chi connectivity index (χ2n) is 4.66. The second kappa shape index (κ2) is 4.90. The third-order valence-corrected chi connectivity index (χ3v) is 3.12. The SMILES string of the molecule is Cc1ccc(N)cc1-c1nc(-c2ccc(O)c(F)c2)no1. The largest absolute Gasteiger partial charge is 0.505 e. The summed E-state index contributed by atoms with van der Waals surface area (Å²) in [7, 11) is 0. The number of nitrogens with two attached hydrogens (primary N) is 1. The van der Waals surface area contributed by atoms with Crippen LogP contribution >= 0.6 is 0 Å². The monoisotopic (exact) mass is 285 g/mol. The maximum Gasteiger partial charge on any atom is 0.258 e. The molecule has 0 unspecified atom stereocenters. The van der Waals surface area contributed by atoms with Crippen molar-refractivity contribution in [2.24, 2.45) is 0 Å². The van der Waals surface area contributed by atoms with Crippen molar-refractivity contribution in [2.45, 2.75) is 6.92 Å². The average molecular weight is 285 g/mol. The first-order valence-corrected chi connectivity index (χ1v) is 6.23. The van der Waals surface area contributed by atoms with Gasteiger partial charge in [-0.25, -0.2) is 4.39 Å². The predicted molar refractivity (Wildman–Crippen MR) is 75.9 cm³/mol. The number of anilines is 1. The molecule has 2 aromatic carbocycles. The van der Waals surface area contributed by atoms with E-state index in [1.165, 1.54) is 12.1 Å². The Labute approximate surface area is 119 Å². The van der Waals surface area contributed by atoms with E-state index in [1.807, 2.05) is 13.0 Å². The molecule has 3 N–H and O–H groups in total. The first kappa shape index (κ1) is 13.1. The summed E-state index contributed by atoms with van der Waals surface area (Å²) in [6.07, 6.45) is 0. The van der Waals surface area contributed by atoms with Crippen LogP contribution in [0.15, 0.2) is 40.9 Å². The number of phenols is 1. The van der Waals surface area contributed by atoms with Gasteiger partial charge in [-0.1, -0.05) is 11.2 Å². The molecule has 3 aromatic rings. The van der Waals surface area contributed by atoms with E-state index in [4.69, 9.17) is 10.3 Å². The van der Waals surface area contributed by atoms with Crippen molar-refractivity contribution in [3.8, 4) is 28.6 Å². The van der Waals surface area contributed by atoms with Gasteiger partial charge in [0.05, 0.1) is 0 Å². The maximum absolute atomic E-state index is 13.4. The third kappa shape index (κ3) is 2.43. The molecule has 106 valence electrons. The van der Waals surface area contributed by atoms with Gasteiger partial charge < -0.3 is 15.4 Å². The Morgan fingerprint density at radius 3 is 2.76 bits per heavy atom. The molecule has 0 fully saturated rings. The lowest BCUT2D eigenvalue weighted by atomic mass is 10.1. The number of rotatable bonds is 2. The van der Waals surface area contributed by atoms with Crippen molar-refractivity contribution in [3.05, 3.63) is 47.8 Å². The molecular formula is C15H12FN3O2. The topological polar surface area (TPSA) is 85.2 Å². The highest BCUT2D eigenvalue weighted by Crippen LogP contribution is 2.28. The van der Waals surface area contributed by atoms with Gasteiger partial charge in [0.15, 0.2) is 11.6 Å². The van der Waals surface area contributed by atoms with Crippen LogP contribution in [0.5, 0.6) is 5.75 Å². The Balaban J connectivity index is 2.03. The first-order chi connectivity index (χ1) is 10.0. The van der Waals surface area contributed by atoms with E-state index in [1.54, 1.807) is 12.1 Å². The molecule has 1 aromatic heterocycles. The minimum absolute atomic E-state index is 0.241. The van der Waals surface area contributed by atoms with E-state index in [9.17, 15) is 9.50 Å². The Hall–Kier alpha value is -2.89. The number of aryl methyl sites for hydroxylation is 1. The number of hydrogen-bond donors (Lipinski definition) is 2. The predicted octanol–water partition coefficient (Wildman–Crippen LogP) is 3.14. The molecule has 0 saturated heterocycles. The number of aromatic nitrogens is 2. The van der Waals surface area contributed by atoms with Crippen molar-refractivity contribution in [1.82, 2.24) is 10.1 Å². The second-order valence-corrected chi connectivity index (χ2v) is 4.66. The molecule has 0 aliphatic rings. The fraction of sp³-hybridized carbons (Fsp3) is 0.0667. The molecule has 0 saturated carbocycles. The van der Waals surface area contributed by atoms with Crippen molar-refractivity contribution in [2.75, 3.05) is 5.73 Å². The lowest BCUT2D eigenvalue weighted by molar-refractivity contribution is 0.429. The Kier molecular flexibility index (Phi) is 3.06. The Morgan fingerprint density at radius 2 is 2.00 bits per heavy atom. The molecule has 5 nitrogen and oxygen atoms in total. The van der Waals surface area contributed by atoms with Crippen molar-refractivity contribution >= 4 is 5.69 Å². The third-order valence-electron chi connectivity index (χ3n) is 3.12. The number of phenolic OH excluding ortho intramolecular Hbond substituents is 1. The number of nitrogens with zero attached hydrogens (tertiary/aromatic N) is 2. The molecule has 0 aliphatic carbocycles. The molecule has 1 heterocycles. The van der Waals surface area contributed by atoms with Crippen LogP contribution in [0, 0.1) is 12.7 Å². The minimum Gasteiger partial charge on any atom is -0.505 e. The first-order valence-electron chi connectivity index (χ1n) is 6.23. The van der Waals surface area contributed by atoms with Gasteiger partial charge in [0, 0.05) is 16.8 Å². The zero-order chi connectivity index (χ0) is 15.0. The normalized spacial score (nSPS) is 10.8. The number of nitrogen functional groups attached to an aromatic ring is 1. The van der Waals surface area contributed by atoms with E-state index >= 15 is 0 Å². The molecule has 0 spiro atoms. The molecule has 0 atom stereocenters. The van der Waals surface area contributed by atoms with Gasteiger partial charge in [-0.2, -0.15) is 4.98 Å². The zero-order valence-electron chi connectivity index (χ0n) is 11.2. The Bertz CT molecular complexity index is 814. The Morgan fingerprint density at radius 1 is 1.19 bits per heavy atom. The van der Waals surface area contributed by atoms with Crippen molar-refractivity contribution < 1.29 is 14.0 Å². The van der Waals surface area contributed by atoms with Gasteiger partial charge in [-0.15, -0.1) is 0 Å². The van der Waals surface area contributed by atoms with E-state index in [2.05, 4.69) is 10.1 Å². The summed E-state index contributed by atoms with van der Waals surface area (Å²) in [6.45, 7) is 1.90. The number of halogens is 1. The molecule has 3 rings (SSSR count). The van der Waals surface area contributed by atoms with Gasteiger partial charge in [0.1, 0.15) is 0 Å². The molecule has 0 bridgehead atoms. The van der Waals surface area contributed by atoms with Crippen molar-refractivity contribution in [3.63, 3.8) is 0 Å². The van der Waals surface area contributed by atoms with E-state index in [0.29, 0.717) is 17.1 Å². The standard InChI is InChI=1S/C15H12FN3O2/c1-8-2-4-10(17)7-11(8)15-18-14(19-21-15)9-3-5-13(20)12(16)6-9/h2-7,20H,17H2,1H3. The average Bonchev–Trinajstić information content (AvgIpc) is 2.94. The van der Waals surface area contributed by atoms with Gasteiger partial charge in [-0.05, 0) is 42.8 Å². The maximum atomic E-state index is 13.4. The lowest BCUT2D eigenvalue weighted by Gasteiger charge is -2.01. The van der Waals surface area contributed by atoms with Crippen LogP contribution in [-0.4, -0.2) is 15.2 Å². The summed E-state index contributed by atoms with van der Waals surface area (Å²) in [5.41, 5.74) is 8.43. The van der Waals surface area contributed by atoms with Crippen LogP contribution in [0.3, 0.4) is 0 Å². The lowest BCUT2D eigenvalue weighted by Crippen LogP contribution is -1.89. The highest BCUT2D eigenvalue weighted by atomic mass is 19.1. The summed E-state index contributed by atoms with van der Waals surface area (Å²) in [4.78, 5) is 4.24. The van der Waals surface area contributed by atoms with Gasteiger partial charge >= 0.3 is 0 Å². The molecule has 0 aliphatic heterocycles. The van der Waals surface area contributed by atoms with E-state index in [-0.39, 0.29) is 5.82 Å². The summed E-state index contributed by atoms with van der Waals surface area (Å²) < 4.78 is 18.6. The summed E-state index contributed by atoms with van der Waals surface area (Å²) in [6, 6.07) is 9.28. The summed E-state index contributed by atoms with van der Waals surface area (Å²) >= 11 is 0. The summed E-state index contributed by atoms with van der Waals surface area (Å²) in [5, 5.41) is 13.0. The highest BCUT2D eigenvalue weighted by molar-refractivity contribution is 5.66. The van der Waals surface area contributed by atoms with Crippen LogP contribution in [0.2, 0.25) is 0 Å². The summed E-state index contributed by atoms with van der Waals surface area (Å²) in [5.74, 6) is -0.609. The fourth-order valence-corrected chi connectivity index (χ4v) is 1.97. The molecule has 0 radical (unpaired) electrons. The minimum atomic E-state index is -0.737. The van der Waals surface area contributed by atoms with E-state index in [0.717, 1.165) is 17.2 Å². The number of hydrogen-bond acceptors (Lipinski definition) is 5. The van der Waals surface area contributed by atoms with Crippen LogP contribution in [0.4, 0.5) is 10.1 Å². The van der Waals surface area contributed by atoms with Crippen LogP contribution in [-0.2, 0) is 0 Å². The van der Waals surface area contributed by atoms with Crippen LogP contribution in [0.1, 0.15) is 5.56 Å². The smallest absolute Gasteiger partial charge is 0.258 e. The zero-order valence-corrected chi connectivity index (χ0v) is 11.2. The van der Waals surface area contributed by atoms with Gasteiger partial charge in [-0.3, -0.25) is 0 Å². The fourth-order valence-electron chi connectivity index (χ4n) is 1.97. The molecule has 0 amide bonds. The van der Waals surface area contributed by atoms with Gasteiger partial charge in [0.25, 0.3) is 5.89 Å².